The Bertz CT molecular complexity index is 608. The summed E-state index contributed by atoms with van der Waals surface area (Å²) in [5, 5.41) is 9.09. The number of hydrogen-bond acceptors (Lipinski definition) is 4. The Hall–Kier alpha value is -1.95. The number of imidazole rings is 1. The van der Waals surface area contributed by atoms with E-state index in [1.54, 1.807) is 0 Å². The van der Waals surface area contributed by atoms with E-state index in [-0.39, 0.29) is 17.8 Å². The van der Waals surface area contributed by atoms with Gasteiger partial charge >= 0.3 is 5.97 Å². The maximum atomic E-state index is 11.1. The summed E-state index contributed by atoms with van der Waals surface area (Å²) >= 11 is 0. The van der Waals surface area contributed by atoms with Gasteiger partial charge in [-0.1, -0.05) is 0 Å². The van der Waals surface area contributed by atoms with E-state index >= 15 is 0 Å². The molecule has 3 heterocycles. The van der Waals surface area contributed by atoms with Crippen LogP contribution in [-0.2, 0) is 4.74 Å². The monoisotopic (exact) mass is 247 g/mol. The molecule has 0 aromatic carbocycles. The van der Waals surface area contributed by atoms with E-state index in [0.29, 0.717) is 17.0 Å². The summed E-state index contributed by atoms with van der Waals surface area (Å²) in [6, 6.07) is 1.46. The fourth-order valence-corrected chi connectivity index (χ4v) is 2.26. The molecular weight excluding hydrogens is 234 g/mol. The van der Waals surface area contributed by atoms with Gasteiger partial charge in [0.25, 0.3) is 0 Å². The standard InChI is InChI=1S/C12H13N3O3/c1-6-2-3-8(18-6)10-14-9-7(12(16)17)4-5-13-11(9)15-10/h4-6,8H,2-3H2,1H3,(H,16,17)(H,13,14,15). The van der Waals surface area contributed by atoms with Crippen molar-refractivity contribution in [2.75, 3.05) is 0 Å². The molecule has 1 aliphatic heterocycles. The van der Waals surface area contributed by atoms with Gasteiger partial charge in [0.05, 0.1) is 17.2 Å². The Kier molecular flexibility index (Phi) is 2.52. The van der Waals surface area contributed by atoms with Crippen molar-refractivity contribution in [3.63, 3.8) is 0 Å². The first-order valence-electron chi connectivity index (χ1n) is 5.88. The second kappa shape index (κ2) is 4.06. The minimum absolute atomic E-state index is 0.0872. The molecule has 0 bridgehead atoms. The number of carboxylic acids is 1. The van der Waals surface area contributed by atoms with Crippen LogP contribution in [0.3, 0.4) is 0 Å². The third-order valence-electron chi connectivity index (χ3n) is 3.18. The highest BCUT2D eigenvalue weighted by Crippen LogP contribution is 2.31. The summed E-state index contributed by atoms with van der Waals surface area (Å²) in [5.74, 6) is -0.325. The molecule has 1 aliphatic rings. The molecule has 2 N–H and O–H groups in total. The minimum atomic E-state index is -0.988. The minimum Gasteiger partial charge on any atom is -0.478 e. The summed E-state index contributed by atoms with van der Waals surface area (Å²) in [4.78, 5) is 22.5. The van der Waals surface area contributed by atoms with E-state index in [4.69, 9.17) is 9.84 Å². The molecule has 0 amide bonds. The highest BCUT2D eigenvalue weighted by Gasteiger charge is 2.26. The zero-order valence-electron chi connectivity index (χ0n) is 9.88. The smallest absolute Gasteiger partial charge is 0.338 e. The normalized spacial score (nSPS) is 23.6. The van der Waals surface area contributed by atoms with Crippen molar-refractivity contribution < 1.29 is 14.6 Å². The highest BCUT2D eigenvalue weighted by atomic mass is 16.5. The van der Waals surface area contributed by atoms with E-state index in [0.717, 1.165) is 12.8 Å². The van der Waals surface area contributed by atoms with Gasteiger partial charge in [-0.2, -0.15) is 0 Å². The molecule has 1 saturated heterocycles. The van der Waals surface area contributed by atoms with Gasteiger partial charge in [0.1, 0.15) is 11.9 Å². The van der Waals surface area contributed by atoms with E-state index in [2.05, 4.69) is 15.0 Å². The van der Waals surface area contributed by atoms with Crippen LogP contribution in [0.2, 0.25) is 0 Å². The topological polar surface area (TPSA) is 88.1 Å². The molecule has 2 unspecified atom stereocenters. The molecule has 2 aromatic rings. The summed E-state index contributed by atoms with van der Waals surface area (Å²) in [5.41, 5.74) is 1.07. The molecule has 0 radical (unpaired) electrons. The van der Waals surface area contributed by atoms with Crippen molar-refractivity contribution >= 4 is 17.1 Å². The Morgan fingerprint density at radius 1 is 1.56 bits per heavy atom. The average molecular weight is 247 g/mol. The van der Waals surface area contributed by atoms with Crippen LogP contribution >= 0.6 is 0 Å². The van der Waals surface area contributed by atoms with Gasteiger partial charge in [0.15, 0.2) is 5.65 Å². The Balaban J connectivity index is 2.05. The van der Waals surface area contributed by atoms with Crippen LogP contribution in [0.1, 0.15) is 42.1 Å². The number of aromatic nitrogens is 3. The molecule has 18 heavy (non-hydrogen) atoms. The highest BCUT2D eigenvalue weighted by molar-refractivity contribution is 5.99. The predicted octanol–water partition coefficient (Wildman–Crippen LogP) is 1.90. The van der Waals surface area contributed by atoms with Crippen LogP contribution < -0.4 is 0 Å². The summed E-state index contributed by atoms with van der Waals surface area (Å²) in [7, 11) is 0. The van der Waals surface area contributed by atoms with Crippen LogP contribution in [-0.4, -0.2) is 32.1 Å². The van der Waals surface area contributed by atoms with Crippen LogP contribution in [0.15, 0.2) is 12.3 Å². The van der Waals surface area contributed by atoms with Gasteiger partial charge in [-0.3, -0.25) is 0 Å². The van der Waals surface area contributed by atoms with Gasteiger partial charge in [-0.25, -0.2) is 14.8 Å². The van der Waals surface area contributed by atoms with Gasteiger partial charge in [0.2, 0.25) is 0 Å². The van der Waals surface area contributed by atoms with Crippen LogP contribution in [0.25, 0.3) is 11.2 Å². The van der Waals surface area contributed by atoms with E-state index in [1.165, 1.54) is 12.3 Å². The summed E-state index contributed by atoms with van der Waals surface area (Å²) in [6.45, 7) is 2.02. The lowest BCUT2D eigenvalue weighted by Crippen LogP contribution is -2.02. The number of hydrogen-bond donors (Lipinski definition) is 2. The van der Waals surface area contributed by atoms with Crippen molar-refractivity contribution in [3.8, 4) is 0 Å². The molecule has 1 fully saturated rings. The molecule has 94 valence electrons. The van der Waals surface area contributed by atoms with Gasteiger partial charge in [0, 0.05) is 6.20 Å². The number of nitrogens with one attached hydrogen (secondary N) is 1. The number of rotatable bonds is 2. The van der Waals surface area contributed by atoms with E-state index in [1.807, 2.05) is 6.92 Å². The number of aromatic amines is 1. The van der Waals surface area contributed by atoms with Crippen LogP contribution in [0.5, 0.6) is 0 Å². The molecule has 3 rings (SSSR count). The summed E-state index contributed by atoms with van der Waals surface area (Å²) < 4.78 is 5.71. The zero-order chi connectivity index (χ0) is 12.7. The molecule has 2 atom stereocenters. The molecule has 0 aliphatic carbocycles. The van der Waals surface area contributed by atoms with Crippen LogP contribution in [0.4, 0.5) is 0 Å². The molecule has 2 aromatic heterocycles. The number of aromatic carboxylic acids is 1. The summed E-state index contributed by atoms with van der Waals surface area (Å²) in [6.07, 6.45) is 3.46. The Morgan fingerprint density at radius 3 is 3.06 bits per heavy atom. The van der Waals surface area contributed by atoms with E-state index < -0.39 is 5.97 Å². The first-order valence-corrected chi connectivity index (χ1v) is 5.88. The number of ether oxygens (including phenoxy) is 1. The van der Waals surface area contributed by atoms with Crippen molar-refractivity contribution in [2.45, 2.75) is 32.0 Å². The quantitative estimate of drug-likeness (QED) is 0.846. The molecule has 0 spiro atoms. The van der Waals surface area contributed by atoms with Crippen molar-refractivity contribution in [2.24, 2.45) is 0 Å². The fourth-order valence-electron chi connectivity index (χ4n) is 2.26. The number of pyridine rings is 1. The number of carboxylic acid groups (broad SMARTS) is 1. The third kappa shape index (κ3) is 1.74. The largest absolute Gasteiger partial charge is 0.478 e. The van der Waals surface area contributed by atoms with Crippen molar-refractivity contribution in [3.05, 3.63) is 23.7 Å². The SMILES string of the molecule is CC1CCC(c2nc3nccc(C(=O)O)c3[nH]2)O1. The number of nitrogens with zero attached hydrogens (tertiary/aromatic N) is 2. The van der Waals surface area contributed by atoms with Crippen molar-refractivity contribution in [1.29, 1.82) is 0 Å². The second-order valence-electron chi connectivity index (χ2n) is 4.50. The maximum absolute atomic E-state index is 11.1. The third-order valence-corrected chi connectivity index (χ3v) is 3.18. The lowest BCUT2D eigenvalue weighted by molar-refractivity contribution is 0.0509. The first-order chi connectivity index (χ1) is 8.65. The average Bonchev–Trinajstić information content (AvgIpc) is 2.93. The van der Waals surface area contributed by atoms with Gasteiger partial charge in [-0.05, 0) is 25.8 Å². The number of fused-ring (bicyclic) bond motifs is 1. The van der Waals surface area contributed by atoms with Gasteiger partial charge < -0.3 is 14.8 Å². The first kappa shape index (κ1) is 11.2. The lowest BCUT2D eigenvalue weighted by atomic mass is 10.2. The van der Waals surface area contributed by atoms with Crippen LogP contribution in [0, 0.1) is 0 Å². The van der Waals surface area contributed by atoms with Crippen molar-refractivity contribution in [1.82, 2.24) is 15.0 Å². The maximum Gasteiger partial charge on any atom is 0.338 e. The Morgan fingerprint density at radius 2 is 2.39 bits per heavy atom. The second-order valence-corrected chi connectivity index (χ2v) is 4.50. The van der Waals surface area contributed by atoms with E-state index in [9.17, 15) is 4.79 Å². The number of carbonyl (C=O) groups is 1. The zero-order valence-corrected chi connectivity index (χ0v) is 9.88. The number of H-pyrrole nitrogens is 1. The Labute approximate surface area is 103 Å². The van der Waals surface area contributed by atoms with Gasteiger partial charge in [-0.15, -0.1) is 0 Å². The molecular formula is C12H13N3O3. The molecule has 6 heteroatoms. The predicted molar refractivity (Wildman–Crippen MR) is 63.4 cm³/mol. The fraction of sp³-hybridized carbons (Fsp3) is 0.417. The lowest BCUT2D eigenvalue weighted by Gasteiger charge is -2.06. The molecule has 6 nitrogen and oxygen atoms in total. The molecule has 0 saturated carbocycles.